The van der Waals surface area contributed by atoms with Crippen LogP contribution in [0.2, 0.25) is 0 Å². The second-order valence-electron chi connectivity index (χ2n) is 7.63. The van der Waals surface area contributed by atoms with E-state index in [1.165, 1.54) is 5.56 Å². The molecule has 1 aliphatic rings. The summed E-state index contributed by atoms with van der Waals surface area (Å²) in [5, 5.41) is 7.87. The van der Waals surface area contributed by atoms with Gasteiger partial charge in [-0.15, -0.1) is 0 Å². The number of benzene rings is 1. The highest BCUT2D eigenvalue weighted by Crippen LogP contribution is 2.33. The number of hydrogen-bond acceptors (Lipinski definition) is 6. The molecule has 1 saturated heterocycles. The van der Waals surface area contributed by atoms with Crippen molar-refractivity contribution >= 4 is 17.1 Å². The molecule has 0 aliphatic carbocycles. The summed E-state index contributed by atoms with van der Waals surface area (Å²) < 4.78 is 6.87. The molecule has 1 amide bonds. The molecule has 3 aromatic heterocycles. The first-order valence-corrected chi connectivity index (χ1v) is 10.2. The minimum atomic E-state index is -0.108. The molecule has 8 heteroatoms. The summed E-state index contributed by atoms with van der Waals surface area (Å²) in [6.07, 6.45) is 6.11. The van der Waals surface area contributed by atoms with Gasteiger partial charge in [0.05, 0.1) is 17.9 Å². The predicted molar refractivity (Wildman–Crippen MR) is 110 cm³/mol. The number of pyridine rings is 1. The van der Waals surface area contributed by atoms with Crippen LogP contribution < -0.4 is 0 Å². The van der Waals surface area contributed by atoms with E-state index in [1.807, 2.05) is 40.7 Å². The lowest BCUT2D eigenvalue weighted by Gasteiger charge is -2.23. The van der Waals surface area contributed by atoms with Crippen LogP contribution in [0, 0.1) is 6.92 Å². The lowest BCUT2D eigenvalue weighted by Crippen LogP contribution is -2.31. The average Bonchev–Trinajstić information content (AvgIpc) is 3.51. The number of aromatic nitrogens is 5. The number of likely N-dealkylation sites (tertiary alicyclic amines) is 1. The van der Waals surface area contributed by atoms with Gasteiger partial charge >= 0.3 is 0 Å². The first kappa shape index (κ1) is 18.5. The van der Waals surface area contributed by atoms with Crippen LogP contribution in [0.25, 0.3) is 11.2 Å². The van der Waals surface area contributed by atoms with Gasteiger partial charge in [-0.05, 0) is 37.8 Å². The van der Waals surface area contributed by atoms with E-state index >= 15 is 0 Å². The number of amides is 1. The number of fused-ring (bicyclic) bond motifs is 1. The SMILES string of the molecule is Cc1nonc1C1CCCN1C(=O)c1cnc2c(c1)ncn2CCc1ccccc1. The van der Waals surface area contributed by atoms with Gasteiger partial charge in [-0.25, -0.2) is 14.6 Å². The number of rotatable bonds is 5. The molecule has 0 saturated carbocycles. The van der Waals surface area contributed by atoms with Crippen molar-refractivity contribution in [2.75, 3.05) is 6.54 Å². The summed E-state index contributed by atoms with van der Waals surface area (Å²) in [6.45, 7) is 3.31. The molecule has 0 radical (unpaired) electrons. The van der Waals surface area contributed by atoms with Gasteiger partial charge in [0.1, 0.15) is 16.9 Å². The molecule has 1 aliphatic heterocycles. The molecule has 1 atom stereocenters. The van der Waals surface area contributed by atoms with Crippen LogP contribution in [0.3, 0.4) is 0 Å². The van der Waals surface area contributed by atoms with Gasteiger partial charge in [-0.2, -0.15) is 0 Å². The van der Waals surface area contributed by atoms with Gasteiger partial charge in [0, 0.05) is 19.3 Å². The summed E-state index contributed by atoms with van der Waals surface area (Å²) >= 11 is 0. The molecule has 152 valence electrons. The van der Waals surface area contributed by atoms with E-state index in [2.05, 4.69) is 32.4 Å². The van der Waals surface area contributed by atoms with Crippen molar-refractivity contribution in [3.8, 4) is 0 Å². The third-order valence-corrected chi connectivity index (χ3v) is 5.70. The monoisotopic (exact) mass is 402 g/mol. The van der Waals surface area contributed by atoms with Crippen molar-refractivity contribution in [3.63, 3.8) is 0 Å². The molecule has 0 N–H and O–H groups in total. The molecule has 4 heterocycles. The molecular weight excluding hydrogens is 380 g/mol. The van der Waals surface area contributed by atoms with E-state index in [0.29, 0.717) is 12.1 Å². The van der Waals surface area contributed by atoms with E-state index in [-0.39, 0.29) is 11.9 Å². The van der Waals surface area contributed by atoms with Crippen molar-refractivity contribution in [1.29, 1.82) is 0 Å². The molecule has 0 bridgehead atoms. The number of aryl methyl sites for hydroxylation is 3. The Morgan fingerprint density at radius 3 is 2.87 bits per heavy atom. The van der Waals surface area contributed by atoms with Crippen molar-refractivity contribution in [3.05, 3.63) is 71.4 Å². The Kier molecular flexibility index (Phi) is 4.74. The van der Waals surface area contributed by atoms with Gasteiger partial charge in [-0.3, -0.25) is 4.79 Å². The zero-order chi connectivity index (χ0) is 20.5. The number of nitrogens with zero attached hydrogens (tertiary/aromatic N) is 6. The molecule has 5 rings (SSSR count). The smallest absolute Gasteiger partial charge is 0.256 e. The van der Waals surface area contributed by atoms with Crippen molar-refractivity contribution in [1.82, 2.24) is 29.7 Å². The number of imidazole rings is 1. The summed E-state index contributed by atoms with van der Waals surface area (Å²) in [6, 6.07) is 12.0. The number of carbonyl (C=O) groups is 1. The standard InChI is InChI=1S/C22H22N6O2/c1-15-20(26-30-25-15)19-8-5-10-28(19)22(29)17-12-18-21(23-13-17)27(14-24-18)11-9-16-6-3-2-4-7-16/h2-4,6-7,12-14,19H,5,8-11H2,1H3. The molecule has 0 spiro atoms. The summed E-state index contributed by atoms with van der Waals surface area (Å²) in [5.41, 5.74) is 4.78. The number of hydrogen-bond donors (Lipinski definition) is 0. The second-order valence-corrected chi connectivity index (χ2v) is 7.63. The Bertz CT molecular complexity index is 1180. The fraction of sp³-hybridized carbons (Fsp3) is 0.318. The zero-order valence-electron chi connectivity index (χ0n) is 16.7. The first-order valence-electron chi connectivity index (χ1n) is 10.2. The molecule has 1 fully saturated rings. The van der Waals surface area contributed by atoms with Crippen LogP contribution in [-0.4, -0.2) is 42.2 Å². The maximum atomic E-state index is 13.2. The maximum absolute atomic E-state index is 13.2. The van der Waals surface area contributed by atoms with Gasteiger partial charge in [0.15, 0.2) is 5.65 Å². The summed E-state index contributed by atoms with van der Waals surface area (Å²) in [7, 11) is 0. The van der Waals surface area contributed by atoms with Crippen molar-refractivity contribution < 1.29 is 9.42 Å². The van der Waals surface area contributed by atoms with E-state index in [4.69, 9.17) is 4.63 Å². The van der Waals surface area contributed by atoms with Gasteiger partial charge in [0.2, 0.25) is 0 Å². The third-order valence-electron chi connectivity index (χ3n) is 5.70. The highest BCUT2D eigenvalue weighted by atomic mass is 16.6. The largest absolute Gasteiger partial charge is 0.330 e. The fourth-order valence-corrected chi connectivity index (χ4v) is 4.12. The molecule has 1 unspecified atom stereocenters. The van der Waals surface area contributed by atoms with E-state index in [0.717, 1.165) is 48.4 Å². The van der Waals surface area contributed by atoms with Crippen LogP contribution in [0.1, 0.15) is 46.2 Å². The van der Waals surface area contributed by atoms with Crippen molar-refractivity contribution in [2.24, 2.45) is 0 Å². The molecular formula is C22H22N6O2. The van der Waals surface area contributed by atoms with E-state index < -0.39 is 0 Å². The zero-order valence-corrected chi connectivity index (χ0v) is 16.7. The first-order chi connectivity index (χ1) is 14.7. The average molecular weight is 402 g/mol. The van der Waals surface area contributed by atoms with Crippen LogP contribution in [0.4, 0.5) is 0 Å². The maximum Gasteiger partial charge on any atom is 0.256 e. The Balaban J connectivity index is 1.36. The summed E-state index contributed by atoms with van der Waals surface area (Å²) in [5.74, 6) is -0.0619. The quantitative estimate of drug-likeness (QED) is 0.509. The van der Waals surface area contributed by atoms with Crippen LogP contribution >= 0.6 is 0 Å². The minimum Gasteiger partial charge on any atom is -0.330 e. The fourth-order valence-electron chi connectivity index (χ4n) is 4.12. The Morgan fingerprint density at radius 1 is 1.20 bits per heavy atom. The highest BCUT2D eigenvalue weighted by Gasteiger charge is 2.34. The van der Waals surface area contributed by atoms with Gasteiger partial charge < -0.3 is 9.47 Å². The molecule has 4 aromatic rings. The molecule has 1 aromatic carbocycles. The minimum absolute atomic E-state index is 0.0619. The summed E-state index contributed by atoms with van der Waals surface area (Å²) in [4.78, 5) is 24.1. The topological polar surface area (TPSA) is 89.9 Å². The number of carbonyl (C=O) groups excluding carboxylic acids is 1. The van der Waals surface area contributed by atoms with Gasteiger partial charge in [-0.1, -0.05) is 40.6 Å². The lowest BCUT2D eigenvalue weighted by molar-refractivity contribution is 0.0730. The van der Waals surface area contributed by atoms with E-state index in [9.17, 15) is 4.79 Å². The molecule has 8 nitrogen and oxygen atoms in total. The van der Waals surface area contributed by atoms with Gasteiger partial charge in [0.25, 0.3) is 5.91 Å². The second kappa shape index (κ2) is 7.70. The molecule has 30 heavy (non-hydrogen) atoms. The lowest BCUT2D eigenvalue weighted by atomic mass is 10.1. The van der Waals surface area contributed by atoms with Crippen LogP contribution in [0.5, 0.6) is 0 Å². The predicted octanol–water partition coefficient (Wildman–Crippen LogP) is 3.34. The Morgan fingerprint density at radius 2 is 2.07 bits per heavy atom. The normalized spacial score (nSPS) is 16.4. The highest BCUT2D eigenvalue weighted by molar-refractivity contribution is 5.96. The Labute approximate surface area is 173 Å². The third kappa shape index (κ3) is 3.34. The van der Waals surface area contributed by atoms with Crippen LogP contribution in [0.15, 0.2) is 53.6 Å². The Hall–Kier alpha value is -3.55. The van der Waals surface area contributed by atoms with Crippen LogP contribution in [-0.2, 0) is 13.0 Å². The van der Waals surface area contributed by atoms with E-state index in [1.54, 1.807) is 12.5 Å². The van der Waals surface area contributed by atoms with Crippen molar-refractivity contribution in [2.45, 2.75) is 38.8 Å².